The van der Waals surface area contributed by atoms with Crippen LogP contribution in [-0.4, -0.2) is 55.3 Å². The second-order valence-electron chi connectivity index (χ2n) is 4.76. The normalized spacial score (nSPS) is 10.4. The lowest BCUT2D eigenvalue weighted by atomic mass is 10.3. The third-order valence-corrected chi connectivity index (χ3v) is 2.87. The fraction of sp³-hybridized carbons (Fsp3) is 0.429. The van der Waals surface area contributed by atoms with Crippen LogP contribution in [0.25, 0.3) is 0 Å². The molecule has 0 heterocycles. The van der Waals surface area contributed by atoms with Gasteiger partial charge in [-0.25, -0.2) is 0 Å². The second kappa shape index (κ2) is 7.49. The molecule has 20 heavy (non-hydrogen) atoms. The molecular weight excluding hydrogens is 256 g/mol. The molecule has 0 aliphatic carbocycles. The summed E-state index contributed by atoms with van der Waals surface area (Å²) < 4.78 is 0. The number of carbonyl (C=O) groups excluding carboxylic acids is 2. The van der Waals surface area contributed by atoms with Crippen LogP contribution in [0.4, 0.5) is 11.4 Å². The number of amides is 2. The lowest BCUT2D eigenvalue weighted by molar-refractivity contribution is -0.130. The van der Waals surface area contributed by atoms with Gasteiger partial charge in [-0.3, -0.25) is 14.5 Å². The number of anilines is 2. The Morgan fingerprint density at radius 1 is 1.15 bits per heavy atom. The van der Waals surface area contributed by atoms with Crippen molar-refractivity contribution >= 4 is 23.2 Å². The molecule has 0 unspecified atom stereocenters. The minimum Gasteiger partial charge on any atom is -0.399 e. The zero-order valence-electron chi connectivity index (χ0n) is 12.2. The van der Waals surface area contributed by atoms with E-state index in [0.29, 0.717) is 17.9 Å². The summed E-state index contributed by atoms with van der Waals surface area (Å²) in [6.07, 6.45) is 0. The molecule has 6 heteroatoms. The molecule has 6 nitrogen and oxygen atoms in total. The van der Waals surface area contributed by atoms with Gasteiger partial charge in [0.25, 0.3) is 0 Å². The molecule has 110 valence electrons. The van der Waals surface area contributed by atoms with Gasteiger partial charge >= 0.3 is 0 Å². The van der Waals surface area contributed by atoms with Crippen LogP contribution in [0.3, 0.4) is 0 Å². The summed E-state index contributed by atoms with van der Waals surface area (Å²) in [7, 11) is 3.40. The van der Waals surface area contributed by atoms with Gasteiger partial charge in [-0.2, -0.15) is 0 Å². The molecule has 0 fully saturated rings. The minimum atomic E-state index is -0.150. The minimum absolute atomic E-state index is 0.0212. The number of nitrogens with zero attached hydrogens (tertiary/aromatic N) is 2. The van der Waals surface area contributed by atoms with Crippen molar-refractivity contribution in [1.29, 1.82) is 0 Å². The van der Waals surface area contributed by atoms with Crippen LogP contribution < -0.4 is 11.1 Å². The number of nitrogen functional groups attached to an aromatic ring is 1. The highest BCUT2D eigenvalue weighted by molar-refractivity contribution is 5.92. The van der Waals surface area contributed by atoms with E-state index in [0.717, 1.165) is 0 Å². The summed E-state index contributed by atoms with van der Waals surface area (Å²) in [6.45, 7) is 2.97. The van der Waals surface area contributed by atoms with Crippen LogP contribution in [0, 0.1) is 0 Å². The number of nitrogens with one attached hydrogen (secondary N) is 1. The van der Waals surface area contributed by atoms with Crippen molar-refractivity contribution in [3.63, 3.8) is 0 Å². The van der Waals surface area contributed by atoms with Crippen molar-refractivity contribution < 1.29 is 9.59 Å². The molecule has 3 N–H and O–H groups in total. The Hall–Kier alpha value is -2.08. The van der Waals surface area contributed by atoms with Crippen LogP contribution >= 0.6 is 0 Å². The topological polar surface area (TPSA) is 78.7 Å². The Labute approximate surface area is 119 Å². The Balaban J connectivity index is 2.50. The molecule has 0 bridgehead atoms. The average Bonchev–Trinajstić information content (AvgIpc) is 2.40. The number of benzene rings is 1. The Kier molecular flexibility index (Phi) is 5.99. The molecule has 0 aromatic heterocycles. The van der Waals surface area contributed by atoms with Gasteiger partial charge in [-0.1, -0.05) is 6.92 Å². The van der Waals surface area contributed by atoms with Crippen molar-refractivity contribution in [3.8, 4) is 0 Å². The summed E-state index contributed by atoms with van der Waals surface area (Å²) in [5, 5.41) is 2.78. The van der Waals surface area contributed by atoms with Crippen LogP contribution in [0.15, 0.2) is 24.3 Å². The first-order valence-corrected chi connectivity index (χ1v) is 6.50. The Morgan fingerprint density at radius 2 is 1.75 bits per heavy atom. The van der Waals surface area contributed by atoms with Crippen molar-refractivity contribution in [2.45, 2.75) is 6.92 Å². The molecule has 1 aromatic rings. The summed E-state index contributed by atoms with van der Waals surface area (Å²) >= 11 is 0. The van der Waals surface area contributed by atoms with Crippen LogP contribution in [0.1, 0.15) is 6.92 Å². The number of hydrogen-bond acceptors (Lipinski definition) is 4. The van der Waals surface area contributed by atoms with Crippen LogP contribution in [0.2, 0.25) is 0 Å². The van der Waals surface area contributed by atoms with E-state index in [1.165, 1.54) is 4.90 Å². The van der Waals surface area contributed by atoms with E-state index < -0.39 is 0 Å². The maximum absolute atomic E-state index is 11.9. The number of rotatable bonds is 6. The van der Waals surface area contributed by atoms with Crippen molar-refractivity contribution in [2.24, 2.45) is 0 Å². The highest BCUT2D eigenvalue weighted by Crippen LogP contribution is 2.10. The first-order chi connectivity index (χ1) is 9.42. The number of likely N-dealkylation sites (N-methyl/N-ethyl adjacent to an activating group) is 2. The van der Waals surface area contributed by atoms with Gasteiger partial charge in [-0.05, 0) is 30.8 Å². The van der Waals surface area contributed by atoms with Gasteiger partial charge in [0.1, 0.15) is 0 Å². The monoisotopic (exact) mass is 278 g/mol. The van der Waals surface area contributed by atoms with Gasteiger partial charge in [-0.15, -0.1) is 0 Å². The largest absolute Gasteiger partial charge is 0.399 e. The summed E-state index contributed by atoms with van der Waals surface area (Å²) in [6, 6.07) is 6.94. The smallest absolute Gasteiger partial charge is 0.238 e. The molecule has 2 amide bonds. The third kappa shape index (κ3) is 5.27. The van der Waals surface area contributed by atoms with E-state index in [2.05, 4.69) is 5.32 Å². The van der Waals surface area contributed by atoms with Gasteiger partial charge in [0.2, 0.25) is 11.8 Å². The van der Waals surface area contributed by atoms with Gasteiger partial charge in [0.05, 0.1) is 13.1 Å². The number of carbonyl (C=O) groups is 2. The fourth-order valence-electron chi connectivity index (χ4n) is 1.58. The van der Waals surface area contributed by atoms with Crippen LogP contribution in [-0.2, 0) is 9.59 Å². The van der Waals surface area contributed by atoms with E-state index in [1.807, 2.05) is 6.92 Å². The van der Waals surface area contributed by atoms with Crippen LogP contribution in [0.5, 0.6) is 0 Å². The zero-order chi connectivity index (χ0) is 15.1. The molecule has 0 radical (unpaired) electrons. The number of nitrogens with two attached hydrogens (primary N) is 1. The molecule has 0 aliphatic rings. The van der Waals surface area contributed by atoms with Gasteiger partial charge in [0, 0.05) is 25.5 Å². The first kappa shape index (κ1) is 16.0. The van der Waals surface area contributed by atoms with Crippen molar-refractivity contribution in [2.75, 3.05) is 44.8 Å². The van der Waals surface area contributed by atoms with E-state index in [4.69, 9.17) is 5.73 Å². The highest BCUT2D eigenvalue weighted by Gasteiger charge is 2.14. The second-order valence-corrected chi connectivity index (χ2v) is 4.76. The van der Waals surface area contributed by atoms with E-state index in [1.54, 1.807) is 43.3 Å². The SMILES string of the molecule is CCN(CC(=O)Nc1ccc(N)cc1)CC(=O)N(C)C. The van der Waals surface area contributed by atoms with E-state index in [-0.39, 0.29) is 24.9 Å². The fourth-order valence-corrected chi connectivity index (χ4v) is 1.58. The molecule has 0 atom stereocenters. The third-order valence-electron chi connectivity index (χ3n) is 2.87. The molecule has 1 rings (SSSR count). The maximum atomic E-state index is 11.9. The molecular formula is C14H22N4O2. The highest BCUT2D eigenvalue weighted by atomic mass is 16.2. The molecule has 0 spiro atoms. The number of hydrogen-bond donors (Lipinski definition) is 2. The molecule has 0 aliphatic heterocycles. The van der Waals surface area contributed by atoms with Gasteiger partial charge < -0.3 is 16.0 Å². The Morgan fingerprint density at radius 3 is 2.25 bits per heavy atom. The Bertz CT molecular complexity index is 457. The summed E-state index contributed by atoms with van der Waals surface area (Å²) in [5.74, 6) is -0.171. The molecule has 0 saturated heterocycles. The maximum Gasteiger partial charge on any atom is 0.238 e. The average molecular weight is 278 g/mol. The van der Waals surface area contributed by atoms with Crippen molar-refractivity contribution in [1.82, 2.24) is 9.80 Å². The lowest BCUT2D eigenvalue weighted by Crippen LogP contribution is -2.40. The predicted molar refractivity (Wildman–Crippen MR) is 80.3 cm³/mol. The van der Waals surface area contributed by atoms with E-state index in [9.17, 15) is 9.59 Å². The van der Waals surface area contributed by atoms with Crippen molar-refractivity contribution in [3.05, 3.63) is 24.3 Å². The van der Waals surface area contributed by atoms with Gasteiger partial charge in [0.15, 0.2) is 0 Å². The standard InChI is InChI=1S/C14H22N4O2/c1-4-18(10-14(20)17(2)3)9-13(19)16-12-7-5-11(15)6-8-12/h5-8H,4,9-10,15H2,1-3H3,(H,16,19). The quantitative estimate of drug-likeness (QED) is 0.748. The predicted octanol–water partition coefficient (Wildman–Crippen LogP) is 0.617. The summed E-state index contributed by atoms with van der Waals surface area (Å²) in [5.41, 5.74) is 6.92. The molecule has 1 aromatic carbocycles. The summed E-state index contributed by atoms with van der Waals surface area (Å²) in [4.78, 5) is 26.8. The first-order valence-electron chi connectivity index (χ1n) is 6.50. The lowest BCUT2D eigenvalue weighted by Gasteiger charge is -2.21. The van der Waals surface area contributed by atoms with E-state index >= 15 is 0 Å². The zero-order valence-corrected chi connectivity index (χ0v) is 12.2. The molecule has 0 saturated carbocycles.